The summed E-state index contributed by atoms with van der Waals surface area (Å²) in [6, 6.07) is -1.04. The van der Waals surface area contributed by atoms with E-state index >= 15 is 0 Å². The van der Waals surface area contributed by atoms with Crippen molar-refractivity contribution in [2.24, 2.45) is 11.5 Å². The van der Waals surface area contributed by atoms with Crippen LogP contribution in [-0.4, -0.2) is 54.1 Å². The molecule has 8 heteroatoms. The van der Waals surface area contributed by atoms with Crippen LogP contribution in [0.1, 0.15) is 6.42 Å². The van der Waals surface area contributed by atoms with Crippen LogP contribution in [0, 0.1) is 5.41 Å². The standard InChI is InChI=1S/C8H16N4O4/c1-12(8(10)11)4-6(13)16-3-2-5(9)7(14)15/h5H,2-4,9H2,1H3,(H3,10,11)(H,14,15). The van der Waals surface area contributed by atoms with E-state index in [4.69, 9.17) is 26.7 Å². The highest BCUT2D eigenvalue weighted by Crippen LogP contribution is 1.91. The van der Waals surface area contributed by atoms with Crippen molar-refractivity contribution in [2.45, 2.75) is 12.5 Å². The highest BCUT2D eigenvalue weighted by molar-refractivity contribution is 5.81. The number of esters is 1. The monoisotopic (exact) mass is 232 g/mol. The van der Waals surface area contributed by atoms with Gasteiger partial charge in [-0.1, -0.05) is 0 Å². The van der Waals surface area contributed by atoms with E-state index in [-0.39, 0.29) is 25.5 Å². The number of carbonyl (C=O) groups excluding carboxylic acids is 1. The molecule has 0 heterocycles. The lowest BCUT2D eigenvalue weighted by molar-refractivity contribution is -0.146. The van der Waals surface area contributed by atoms with Crippen molar-refractivity contribution in [1.82, 2.24) is 4.90 Å². The highest BCUT2D eigenvalue weighted by atomic mass is 16.5. The summed E-state index contributed by atoms with van der Waals surface area (Å²) >= 11 is 0. The summed E-state index contributed by atoms with van der Waals surface area (Å²) in [5.41, 5.74) is 10.3. The molecule has 0 bridgehead atoms. The molecule has 0 rings (SSSR count). The summed E-state index contributed by atoms with van der Waals surface area (Å²) < 4.78 is 4.71. The van der Waals surface area contributed by atoms with Crippen LogP contribution < -0.4 is 11.5 Å². The lowest BCUT2D eigenvalue weighted by Gasteiger charge is -2.15. The van der Waals surface area contributed by atoms with E-state index < -0.39 is 18.0 Å². The van der Waals surface area contributed by atoms with Gasteiger partial charge in [0.2, 0.25) is 0 Å². The van der Waals surface area contributed by atoms with Crippen molar-refractivity contribution in [3.05, 3.63) is 0 Å². The second kappa shape index (κ2) is 6.62. The highest BCUT2D eigenvalue weighted by Gasteiger charge is 2.13. The lowest BCUT2D eigenvalue weighted by atomic mass is 10.2. The number of nitrogens with two attached hydrogens (primary N) is 2. The summed E-state index contributed by atoms with van der Waals surface area (Å²) in [6.45, 7) is -0.227. The molecule has 0 aliphatic rings. The minimum Gasteiger partial charge on any atom is -0.480 e. The Kier molecular flexibility index (Phi) is 5.86. The predicted octanol–water partition coefficient (Wildman–Crippen LogP) is -1.84. The number of hydrogen-bond acceptors (Lipinski definition) is 5. The number of carboxylic acids is 1. The molecule has 8 nitrogen and oxygen atoms in total. The number of carbonyl (C=O) groups is 2. The number of guanidine groups is 1. The van der Waals surface area contributed by atoms with Gasteiger partial charge in [-0.05, 0) is 0 Å². The van der Waals surface area contributed by atoms with Crippen molar-refractivity contribution < 1.29 is 19.4 Å². The molecule has 0 aliphatic carbocycles. The molecule has 0 saturated heterocycles. The Morgan fingerprint density at radius 1 is 1.56 bits per heavy atom. The molecule has 0 amide bonds. The van der Waals surface area contributed by atoms with Gasteiger partial charge in [0.05, 0.1) is 6.61 Å². The van der Waals surface area contributed by atoms with Gasteiger partial charge in [-0.15, -0.1) is 0 Å². The van der Waals surface area contributed by atoms with Gasteiger partial charge in [-0.3, -0.25) is 15.0 Å². The van der Waals surface area contributed by atoms with Crippen molar-refractivity contribution in [2.75, 3.05) is 20.2 Å². The van der Waals surface area contributed by atoms with E-state index in [9.17, 15) is 9.59 Å². The third-order valence-corrected chi connectivity index (χ3v) is 1.79. The lowest BCUT2D eigenvalue weighted by Crippen LogP contribution is -2.38. The first-order valence-electron chi connectivity index (χ1n) is 4.53. The fourth-order valence-corrected chi connectivity index (χ4v) is 0.748. The average Bonchev–Trinajstić information content (AvgIpc) is 2.16. The van der Waals surface area contributed by atoms with Crippen LogP contribution in [0.3, 0.4) is 0 Å². The first kappa shape index (κ1) is 14.2. The van der Waals surface area contributed by atoms with Crippen molar-refractivity contribution >= 4 is 17.9 Å². The number of aliphatic carboxylic acids is 1. The molecule has 0 radical (unpaired) electrons. The fraction of sp³-hybridized carbons (Fsp3) is 0.625. The Morgan fingerprint density at radius 3 is 2.56 bits per heavy atom. The number of ether oxygens (including phenoxy) is 1. The minimum atomic E-state index is -1.14. The zero-order valence-corrected chi connectivity index (χ0v) is 8.97. The van der Waals surface area contributed by atoms with E-state index in [0.717, 1.165) is 0 Å². The first-order valence-corrected chi connectivity index (χ1v) is 4.53. The van der Waals surface area contributed by atoms with Crippen LogP contribution in [0.4, 0.5) is 0 Å². The van der Waals surface area contributed by atoms with Gasteiger partial charge < -0.3 is 26.2 Å². The molecule has 92 valence electrons. The third kappa shape index (κ3) is 5.81. The molecular formula is C8H16N4O4. The van der Waals surface area contributed by atoms with Gasteiger partial charge in [0.25, 0.3) is 0 Å². The van der Waals surface area contributed by atoms with Crippen LogP contribution in [0.2, 0.25) is 0 Å². The molecule has 0 aliphatic heterocycles. The summed E-state index contributed by atoms with van der Waals surface area (Å²) in [4.78, 5) is 22.6. The Hall–Kier alpha value is -1.83. The fourth-order valence-electron chi connectivity index (χ4n) is 0.748. The second-order valence-electron chi connectivity index (χ2n) is 3.20. The zero-order valence-electron chi connectivity index (χ0n) is 8.97. The number of carboxylic acid groups (broad SMARTS) is 1. The van der Waals surface area contributed by atoms with E-state index in [1.54, 1.807) is 0 Å². The number of rotatable bonds is 6. The average molecular weight is 232 g/mol. The molecule has 1 atom stereocenters. The molecule has 1 unspecified atom stereocenters. The smallest absolute Gasteiger partial charge is 0.325 e. The molecule has 16 heavy (non-hydrogen) atoms. The SMILES string of the molecule is CN(CC(=O)OCCC(N)C(=O)O)C(=N)N. The Balaban J connectivity index is 3.74. The Morgan fingerprint density at radius 2 is 2.12 bits per heavy atom. The Bertz CT molecular complexity index is 281. The number of nitrogens with one attached hydrogen (secondary N) is 1. The van der Waals surface area contributed by atoms with Crippen LogP contribution in [0.25, 0.3) is 0 Å². The van der Waals surface area contributed by atoms with Gasteiger partial charge in [-0.2, -0.15) is 0 Å². The van der Waals surface area contributed by atoms with Crippen LogP contribution >= 0.6 is 0 Å². The number of likely N-dealkylation sites (N-methyl/N-ethyl adjacent to an activating group) is 1. The van der Waals surface area contributed by atoms with Gasteiger partial charge in [-0.25, -0.2) is 0 Å². The molecule has 0 aromatic carbocycles. The van der Waals surface area contributed by atoms with Gasteiger partial charge in [0.1, 0.15) is 12.6 Å². The maximum Gasteiger partial charge on any atom is 0.325 e. The maximum absolute atomic E-state index is 11.1. The van der Waals surface area contributed by atoms with Crippen LogP contribution in [0.15, 0.2) is 0 Å². The third-order valence-electron chi connectivity index (χ3n) is 1.79. The topological polar surface area (TPSA) is 143 Å². The molecule has 0 fully saturated rings. The van der Waals surface area contributed by atoms with E-state index in [1.165, 1.54) is 11.9 Å². The predicted molar refractivity (Wildman–Crippen MR) is 55.7 cm³/mol. The maximum atomic E-state index is 11.1. The molecule has 0 aromatic rings. The summed E-state index contributed by atoms with van der Waals surface area (Å²) in [7, 11) is 1.46. The van der Waals surface area contributed by atoms with Crippen molar-refractivity contribution in [3.8, 4) is 0 Å². The van der Waals surface area contributed by atoms with Gasteiger partial charge in [0.15, 0.2) is 5.96 Å². The largest absolute Gasteiger partial charge is 0.480 e. The molecular weight excluding hydrogens is 216 g/mol. The van der Waals surface area contributed by atoms with E-state index in [2.05, 4.69) is 0 Å². The Labute approximate surface area is 92.6 Å². The molecule has 0 spiro atoms. The zero-order chi connectivity index (χ0) is 12.7. The molecule has 0 aromatic heterocycles. The minimum absolute atomic E-state index is 0.0465. The van der Waals surface area contributed by atoms with Gasteiger partial charge in [0, 0.05) is 13.5 Å². The van der Waals surface area contributed by atoms with Crippen molar-refractivity contribution in [1.29, 1.82) is 5.41 Å². The van der Waals surface area contributed by atoms with Crippen LogP contribution in [-0.2, 0) is 14.3 Å². The number of hydrogen-bond donors (Lipinski definition) is 4. The van der Waals surface area contributed by atoms with Gasteiger partial charge >= 0.3 is 11.9 Å². The quantitative estimate of drug-likeness (QED) is 0.239. The van der Waals surface area contributed by atoms with E-state index in [0.29, 0.717) is 0 Å². The summed E-state index contributed by atoms with van der Waals surface area (Å²) in [6.07, 6.45) is 0.0465. The van der Waals surface area contributed by atoms with Crippen molar-refractivity contribution in [3.63, 3.8) is 0 Å². The number of nitrogens with zero attached hydrogens (tertiary/aromatic N) is 1. The molecule has 0 saturated carbocycles. The normalized spacial score (nSPS) is 11.6. The van der Waals surface area contributed by atoms with E-state index in [1.807, 2.05) is 0 Å². The summed E-state index contributed by atoms with van der Waals surface area (Å²) in [5.74, 6) is -1.98. The van der Waals surface area contributed by atoms with Crippen LogP contribution in [0.5, 0.6) is 0 Å². The first-order chi connectivity index (χ1) is 7.34. The summed E-state index contributed by atoms with van der Waals surface area (Å²) in [5, 5.41) is 15.4. The molecule has 6 N–H and O–H groups in total. The second-order valence-corrected chi connectivity index (χ2v) is 3.20.